The van der Waals surface area contributed by atoms with Gasteiger partial charge in [0.1, 0.15) is 9.48 Å². The van der Waals surface area contributed by atoms with Crippen molar-refractivity contribution >= 4 is 38.2 Å². The molecule has 0 saturated heterocycles. The minimum absolute atomic E-state index is 0.296. The molecule has 0 radical (unpaired) electrons. The van der Waals surface area contributed by atoms with Gasteiger partial charge >= 0.3 is 5.97 Å². The van der Waals surface area contributed by atoms with Crippen LogP contribution in [0.2, 0.25) is 0 Å². The fourth-order valence-electron chi connectivity index (χ4n) is 1.06. The standard InChI is InChI=1S/C8H7BrN2O2S/c1-2-13-7(12)5-4-11-6(9)3-10-8(11)14-5/h3-4H,2H2,1H3. The van der Waals surface area contributed by atoms with Gasteiger partial charge in [0, 0.05) is 6.20 Å². The van der Waals surface area contributed by atoms with Gasteiger partial charge in [-0.15, -0.1) is 0 Å². The molecule has 0 unspecified atom stereocenters. The highest BCUT2D eigenvalue weighted by molar-refractivity contribution is 9.10. The summed E-state index contributed by atoms with van der Waals surface area (Å²) in [5.74, 6) is -0.296. The van der Waals surface area contributed by atoms with Crippen LogP contribution in [0.4, 0.5) is 0 Å². The molecule has 6 heteroatoms. The van der Waals surface area contributed by atoms with Gasteiger partial charge in [0.2, 0.25) is 0 Å². The molecule has 74 valence electrons. The first-order chi connectivity index (χ1) is 6.72. The fraction of sp³-hybridized carbons (Fsp3) is 0.250. The van der Waals surface area contributed by atoms with Crippen LogP contribution in [-0.2, 0) is 4.74 Å². The molecule has 0 spiro atoms. The summed E-state index contributed by atoms with van der Waals surface area (Å²) < 4.78 is 7.52. The number of hydrogen-bond donors (Lipinski definition) is 0. The Morgan fingerprint density at radius 2 is 2.57 bits per heavy atom. The Hall–Kier alpha value is -0.880. The Morgan fingerprint density at radius 3 is 3.21 bits per heavy atom. The van der Waals surface area contributed by atoms with Crippen LogP contribution < -0.4 is 0 Å². The summed E-state index contributed by atoms with van der Waals surface area (Å²) in [5.41, 5.74) is 0. The Bertz CT molecular complexity index is 477. The highest BCUT2D eigenvalue weighted by Crippen LogP contribution is 2.22. The topological polar surface area (TPSA) is 43.6 Å². The molecule has 2 aromatic heterocycles. The molecule has 0 aliphatic heterocycles. The number of ether oxygens (including phenoxy) is 1. The third kappa shape index (κ3) is 1.55. The summed E-state index contributed by atoms with van der Waals surface area (Å²) in [4.78, 5) is 16.8. The SMILES string of the molecule is CCOC(=O)c1cn2c(Br)cnc2s1. The molecule has 0 aromatic carbocycles. The molecule has 2 rings (SSSR count). The van der Waals surface area contributed by atoms with Gasteiger partial charge in [-0.25, -0.2) is 9.78 Å². The van der Waals surface area contributed by atoms with Crippen LogP contribution in [0.25, 0.3) is 4.96 Å². The van der Waals surface area contributed by atoms with E-state index in [1.165, 1.54) is 11.3 Å². The number of rotatable bonds is 2. The van der Waals surface area contributed by atoms with Crippen molar-refractivity contribution in [2.75, 3.05) is 6.61 Å². The summed E-state index contributed by atoms with van der Waals surface area (Å²) >= 11 is 4.64. The monoisotopic (exact) mass is 274 g/mol. The molecule has 4 nitrogen and oxygen atoms in total. The summed E-state index contributed by atoms with van der Waals surface area (Å²) in [6.45, 7) is 2.17. The van der Waals surface area contributed by atoms with E-state index in [2.05, 4.69) is 20.9 Å². The molecule has 2 aromatic rings. The molecule has 14 heavy (non-hydrogen) atoms. The Kier molecular flexibility index (Phi) is 2.56. The zero-order valence-electron chi connectivity index (χ0n) is 7.36. The minimum Gasteiger partial charge on any atom is -0.462 e. The summed E-state index contributed by atoms with van der Waals surface area (Å²) in [5, 5.41) is 0. The molecule has 0 N–H and O–H groups in total. The third-order valence-electron chi connectivity index (χ3n) is 1.64. The van der Waals surface area contributed by atoms with Crippen molar-refractivity contribution in [1.82, 2.24) is 9.38 Å². The van der Waals surface area contributed by atoms with Crippen molar-refractivity contribution in [1.29, 1.82) is 0 Å². The second-order valence-electron chi connectivity index (χ2n) is 2.55. The zero-order valence-corrected chi connectivity index (χ0v) is 9.76. The highest BCUT2D eigenvalue weighted by atomic mass is 79.9. The van der Waals surface area contributed by atoms with E-state index in [1.54, 1.807) is 23.7 Å². The molecule has 0 aliphatic rings. The molecule has 0 fully saturated rings. The number of carbonyl (C=O) groups excluding carboxylic acids is 1. The van der Waals surface area contributed by atoms with E-state index < -0.39 is 0 Å². The van der Waals surface area contributed by atoms with Crippen molar-refractivity contribution in [2.45, 2.75) is 6.92 Å². The number of hydrogen-bond acceptors (Lipinski definition) is 4. The third-order valence-corrected chi connectivity index (χ3v) is 3.21. The van der Waals surface area contributed by atoms with Gasteiger partial charge in [-0.05, 0) is 22.9 Å². The van der Waals surface area contributed by atoms with Gasteiger partial charge in [-0.3, -0.25) is 4.40 Å². The van der Waals surface area contributed by atoms with Gasteiger partial charge in [0.05, 0.1) is 12.8 Å². The summed E-state index contributed by atoms with van der Waals surface area (Å²) in [6.07, 6.45) is 3.41. The van der Waals surface area contributed by atoms with E-state index in [9.17, 15) is 4.79 Å². The lowest BCUT2D eigenvalue weighted by Gasteiger charge is -1.95. The molecular weight excluding hydrogens is 268 g/mol. The van der Waals surface area contributed by atoms with E-state index in [-0.39, 0.29) is 5.97 Å². The minimum atomic E-state index is -0.296. The summed E-state index contributed by atoms with van der Waals surface area (Å²) in [7, 11) is 0. The maximum absolute atomic E-state index is 11.4. The van der Waals surface area contributed by atoms with Crippen molar-refractivity contribution in [3.8, 4) is 0 Å². The van der Waals surface area contributed by atoms with Crippen molar-refractivity contribution in [3.05, 3.63) is 21.9 Å². The van der Waals surface area contributed by atoms with Crippen LogP contribution in [0.3, 0.4) is 0 Å². The number of fused-ring (bicyclic) bond motifs is 1. The molecule has 0 atom stereocenters. The predicted molar refractivity (Wildman–Crippen MR) is 56.7 cm³/mol. The summed E-state index contributed by atoms with van der Waals surface area (Å²) in [6, 6.07) is 0. The molecule has 0 aliphatic carbocycles. The van der Waals surface area contributed by atoms with E-state index in [0.29, 0.717) is 11.5 Å². The van der Waals surface area contributed by atoms with Gasteiger partial charge in [-0.1, -0.05) is 11.3 Å². The van der Waals surface area contributed by atoms with E-state index in [0.717, 1.165) is 9.56 Å². The number of nitrogens with zero attached hydrogens (tertiary/aromatic N) is 2. The number of halogens is 1. The lowest BCUT2D eigenvalue weighted by Crippen LogP contribution is -2.01. The highest BCUT2D eigenvalue weighted by Gasteiger charge is 2.13. The second-order valence-corrected chi connectivity index (χ2v) is 4.37. The number of thiazole rings is 1. The van der Waals surface area contributed by atoms with E-state index in [1.807, 2.05) is 0 Å². The van der Waals surface area contributed by atoms with Crippen LogP contribution >= 0.6 is 27.3 Å². The molecular formula is C8H7BrN2O2S. The average Bonchev–Trinajstić information content (AvgIpc) is 2.69. The quantitative estimate of drug-likeness (QED) is 0.790. The van der Waals surface area contributed by atoms with Crippen molar-refractivity contribution < 1.29 is 9.53 Å². The van der Waals surface area contributed by atoms with Crippen molar-refractivity contribution in [2.24, 2.45) is 0 Å². The average molecular weight is 275 g/mol. The normalized spacial score (nSPS) is 10.7. The van der Waals surface area contributed by atoms with Crippen LogP contribution in [0, 0.1) is 0 Å². The molecule has 0 amide bonds. The maximum Gasteiger partial charge on any atom is 0.349 e. The predicted octanol–water partition coefficient (Wildman–Crippen LogP) is 2.34. The zero-order chi connectivity index (χ0) is 10.1. The van der Waals surface area contributed by atoms with Gasteiger partial charge < -0.3 is 4.74 Å². The van der Waals surface area contributed by atoms with Gasteiger partial charge in [0.25, 0.3) is 0 Å². The first-order valence-corrected chi connectivity index (χ1v) is 5.63. The molecule has 0 saturated carbocycles. The van der Waals surface area contributed by atoms with Crippen LogP contribution in [0.15, 0.2) is 17.0 Å². The lowest BCUT2D eigenvalue weighted by atomic mass is 10.5. The van der Waals surface area contributed by atoms with E-state index in [4.69, 9.17) is 4.74 Å². The van der Waals surface area contributed by atoms with Crippen molar-refractivity contribution in [3.63, 3.8) is 0 Å². The Morgan fingerprint density at radius 1 is 1.79 bits per heavy atom. The smallest absolute Gasteiger partial charge is 0.349 e. The second kappa shape index (κ2) is 3.70. The van der Waals surface area contributed by atoms with Crippen LogP contribution in [-0.4, -0.2) is 22.0 Å². The van der Waals surface area contributed by atoms with Gasteiger partial charge in [0.15, 0.2) is 4.96 Å². The van der Waals surface area contributed by atoms with Crippen LogP contribution in [0.5, 0.6) is 0 Å². The van der Waals surface area contributed by atoms with E-state index >= 15 is 0 Å². The molecule has 2 heterocycles. The lowest BCUT2D eigenvalue weighted by molar-refractivity contribution is 0.0531. The Labute approximate surface area is 92.6 Å². The first-order valence-electron chi connectivity index (χ1n) is 4.02. The first kappa shape index (κ1) is 9.67. The number of aromatic nitrogens is 2. The molecule has 0 bridgehead atoms. The fourth-order valence-corrected chi connectivity index (χ4v) is 2.40. The maximum atomic E-state index is 11.4. The number of carbonyl (C=O) groups is 1. The van der Waals surface area contributed by atoms with Gasteiger partial charge in [-0.2, -0.15) is 0 Å². The van der Waals surface area contributed by atoms with Crippen LogP contribution in [0.1, 0.15) is 16.6 Å². The number of imidazole rings is 1. The largest absolute Gasteiger partial charge is 0.462 e. The number of esters is 1. The Balaban J connectivity index is 2.40.